The van der Waals surface area contributed by atoms with Crippen LogP contribution >= 0.6 is 11.6 Å². The highest BCUT2D eigenvalue weighted by molar-refractivity contribution is 6.30. The zero-order valence-corrected chi connectivity index (χ0v) is 12.6. The van der Waals surface area contributed by atoms with Gasteiger partial charge in [0.2, 0.25) is 0 Å². The Morgan fingerprint density at radius 2 is 2.19 bits per heavy atom. The lowest BCUT2D eigenvalue weighted by molar-refractivity contribution is 0.0714. The summed E-state index contributed by atoms with van der Waals surface area (Å²) in [4.78, 5) is 8.77. The van der Waals surface area contributed by atoms with Crippen molar-refractivity contribution in [2.75, 3.05) is 11.9 Å². The minimum Gasteiger partial charge on any atom is -0.384 e. The predicted molar refractivity (Wildman–Crippen MR) is 83.5 cm³/mol. The van der Waals surface area contributed by atoms with Gasteiger partial charge in [-0.2, -0.15) is 0 Å². The van der Waals surface area contributed by atoms with E-state index in [-0.39, 0.29) is 0 Å². The van der Waals surface area contributed by atoms with Gasteiger partial charge in [0.1, 0.15) is 17.2 Å². The first-order valence-electron chi connectivity index (χ1n) is 7.10. The third-order valence-electron chi connectivity index (χ3n) is 3.68. The van der Waals surface area contributed by atoms with E-state index in [1.54, 1.807) is 25.3 Å². The van der Waals surface area contributed by atoms with Crippen molar-refractivity contribution in [3.05, 3.63) is 52.9 Å². The molecule has 0 saturated heterocycles. The van der Waals surface area contributed by atoms with Crippen molar-refractivity contribution < 1.29 is 5.11 Å². The van der Waals surface area contributed by atoms with Crippen LogP contribution in [0, 0.1) is 0 Å². The van der Waals surface area contributed by atoms with Gasteiger partial charge in [0.05, 0.1) is 0 Å². The standard InChI is InChI=1S/C16H18ClN3O/c1-16(21,12-3-2-4-13(17)9-12)10-19-14-7-8-18-15(20-14)11-5-6-11/h2-4,7-9,11,21H,5-6,10H2,1H3,(H,18,19,20). The smallest absolute Gasteiger partial charge is 0.133 e. The zero-order chi connectivity index (χ0) is 14.9. The molecule has 0 bridgehead atoms. The van der Waals surface area contributed by atoms with Gasteiger partial charge in [-0.3, -0.25) is 0 Å². The summed E-state index contributed by atoms with van der Waals surface area (Å²) in [5, 5.41) is 14.4. The van der Waals surface area contributed by atoms with E-state index in [0.29, 0.717) is 17.5 Å². The van der Waals surface area contributed by atoms with E-state index < -0.39 is 5.60 Å². The van der Waals surface area contributed by atoms with E-state index in [1.807, 2.05) is 18.2 Å². The number of aromatic nitrogens is 2. The molecule has 0 radical (unpaired) electrons. The highest BCUT2D eigenvalue weighted by atomic mass is 35.5. The summed E-state index contributed by atoms with van der Waals surface area (Å²) in [6.45, 7) is 2.11. The molecule has 1 saturated carbocycles. The first-order valence-corrected chi connectivity index (χ1v) is 7.48. The molecule has 1 aromatic carbocycles. The molecule has 1 unspecified atom stereocenters. The van der Waals surface area contributed by atoms with Crippen molar-refractivity contribution in [1.82, 2.24) is 9.97 Å². The minimum atomic E-state index is -1.02. The number of hydrogen-bond donors (Lipinski definition) is 2. The van der Waals surface area contributed by atoms with Gasteiger partial charge in [-0.15, -0.1) is 0 Å². The molecule has 1 aliphatic carbocycles. The molecule has 2 aromatic rings. The molecular weight excluding hydrogens is 286 g/mol. The summed E-state index contributed by atoms with van der Waals surface area (Å²) in [6.07, 6.45) is 4.10. The van der Waals surface area contributed by atoms with Gasteiger partial charge in [-0.25, -0.2) is 9.97 Å². The Bertz CT molecular complexity index is 641. The molecule has 0 amide bonds. The first kappa shape index (κ1) is 14.3. The molecule has 1 atom stereocenters. The Kier molecular flexibility index (Phi) is 3.83. The topological polar surface area (TPSA) is 58.0 Å². The summed E-state index contributed by atoms with van der Waals surface area (Å²) < 4.78 is 0. The van der Waals surface area contributed by atoms with Crippen LogP contribution in [0.5, 0.6) is 0 Å². The van der Waals surface area contributed by atoms with Crippen LogP contribution in [0.15, 0.2) is 36.5 Å². The zero-order valence-electron chi connectivity index (χ0n) is 11.9. The number of hydrogen-bond acceptors (Lipinski definition) is 4. The first-order chi connectivity index (χ1) is 10.0. The number of nitrogens with one attached hydrogen (secondary N) is 1. The van der Waals surface area contributed by atoms with Crippen molar-refractivity contribution in [2.45, 2.75) is 31.3 Å². The molecule has 5 heteroatoms. The van der Waals surface area contributed by atoms with Crippen LogP contribution in [-0.4, -0.2) is 21.6 Å². The third kappa shape index (κ3) is 3.52. The lowest BCUT2D eigenvalue weighted by atomic mass is 9.96. The van der Waals surface area contributed by atoms with E-state index in [1.165, 1.54) is 12.8 Å². The Hall–Kier alpha value is -1.65. The molecular formula is C16H18ClN3O. The molecule has 1 aliphatic rings. The van der Waals surface area contributed by atoms with Gasteiger partial charge < -0.3 is 10.4 Å². The van der Waals surface area contributed by atoms with Crippen LogP contribution in [0.2, 0.25) is 5.02 Å². The lowest BCUT2D eigenvalue weighted by Crippen LogP contribution is -2.31. The van der Waals surface area contributed by atoms with Crippen molar-refractivity contribution >= 4 is 17.4 Å². The summed E-state index contributed by atoms with van der Waals surface area (Å²) in [7, 11) is 0. The maximum absolute atomic E-state index is 10.6. The van der Waals surface area contributed by atoms with Gasteiger partial charge in [0, 0.05) is 23.7 Å². The summed E-state index contributed by atoms with van der Waals surface area (Å²) >= 11 is 5.98. The van der Waals surface area contributed by atoms with Gasteiger partial charge in [-0.1, -0.05) is 23.7 Å². The number of rotatable bonds is 5. The number of benzene rings is 1. The van der Waals surface area contributed by atoms with Crippen LogP contribution in [-0.2, 0) is 5.60 Å². The number of halogens is 1. The Morgan fingerprint density at radius 3 is 2.90 bits per heavy atom. The Labute approximate surface area is 129 Å². The maximum atomic E-state index is 10.6. The Balaban J connectivity index is 1.69. The normalized spacial score (nSPS) is 17.3. The van der Waals surface area contributed by atoms with Gasteiger partial charge in [0.15, 0.2) is 0 Å². The quantitative estimate of drug-likeness (QED) is 0.889. The number of aliphatic hydroxyl groups is 1. The summed E-state index contributed by atoms with van der Waals surface area (Å²) in [5.74, 6) is 2.15. The highest BCUT2D eigenvalue weighted by Crippen LogP contribution is 2.38. The minimum absolute atomic E-state index is 0.356. The second-order valence-electron chi connectivity index (χ2n) is 5.71. The molecule has 2 N–H and O–H groups in total. The molecule has 21 heavy (non-hydrogen) atoms. The molecule has 1 aromatic heterocycles. The largest absolute Gasteiger partial charge is 0.384 e. The number of nitrogens with zero attached hydrogens (tertiary/aromatic N) is 2. The monoisotopic (exact) mass is 303 g/mol. The van der Waals surface area contributed by atoms with Crippen molar-refractivity contribution in [2.24, 2.45) is 0 Å². The van der Waals surface area contributed by atoms with Crippen LogP contribution in [0.25, 0.3) is 0 Å². The van der Waals surface area contributed by atoms with Crippen LogP contribution in [0.3, 0.4) is 0 Å². The van der Waals surface area contributed by atoms with Gasteiger partial charge in [-0.05, 0) is 43.5 Å². The molecule has 0 aliphatic heterocycles. The average molecular weight is 304 g/mol. The van der Waals surface area contributed by atoms with E-state index in [2.05, 4.69) is 15.3 Å². The van der Waals surface area contributed by atoms with Crippen LogP contribution in [0.1, 0.15) is 37.1 Å². The molecule has 0 spiro atoms. The summed E-state index contributed by atoms with van der Waals surface area (Å²) in [6, 6.07) is 9.09. The van der Waals surface area contributed by atoms with Gasteiger partial charge in [0.25, 0.3) is 0 Å². The van der Waals surface area contributed by atoms with E-state index in [0.717, 1.165) is 17.2 Å². The second-order valence-corrected chi connectivity index (χ2v) is 6.15. The van der Waals surface area contributed by atoms with E-state index in [9.17, 15) is 5.11 Å². The average Bonchev–Trinajstić information content (AvgIpc) is 3.30. The SMILES string of the molecule is CC(O)(CNc1ccnc(C2CC2)n1)c1cccc(Cl)c1. The van der Waals surface area contributed by atoms with Gasteiger partial charge >= 0.3 is 0 Å². The summed E-state index contributed by atoms with van der Waals surface area (Å²) in [5.41, 5.74) is -0.241. The van der Waals surface area contributed by atoms with E-state index in [4.69, 9.17) is 11.6 Å². The molecule has 110 valence electrons. The fraction of sp³-hybridized carbons (Fsp3) is 0.375. The molecule has 1 heterocycles. The highest BCUT2D eigenvalue weighted by Gasteiger charge is 2.27. The van der Waals surface area contributed by atoms with Crippen molar-refractivity contribution in [1.29, 1.82) is 0 Å². The van der Waals surface area contributed by atoms with Crippen molar-refractivity contribution in [3.8, 4) is 0 Å². The van der Waals surface area contributed by atoms with E-state index >= 15 is 0 Å². The fourth-order valence-electron chi connectivity index (χ4n) is 2.20. The predicted octanol–water partition coefficient (Wildman–Crippen LogP) is 3.33. The Morgan fingerprint density at radius 1 is 1.38 bits per heavy atom. The lowest BCUT2D eigenvalue weighted by Gasteiger charge is -2.24. The van der Waals surface area contributed by atoms with Crippen LogP contribution in [0.4, 0.5) is 5.82 Å². The molecule has 1 fully saturated rings. The number of anilines is 1. The van der Waals surface area contributed by atoms with Crippen molar-refractivity contribution in [3.63, 3.8) is 0 Å². The second kappa shape index (κ2) is 5.62. The molecule has 4 nitrogen and oxygen atoms in total. The maximum Gasteiger partial charge on any atom is 0.133 e. The van der Waals surface area contributed by atoms with Crippen LogP contribution < -0.4 is 5.32 Å². The molecule has 3 rings (SSSR count). The third-order valence-corrected chi connectivity index (χ3v) is 3.91. The fourth-order valence-corrected chi connectivity index (χ4v) is 2.39.